The number of sulfonamides is 1. The van der Waals surface area contributed by atoms with Gasteiger partial charge in [-0.2, -0.15) is 4.31 Å². The summed E-state index contributed by atoms with van der Waals surface area (Å²) in [5.41, 5.74) is 5.41. The highest BCUT2D eigenvalue weighted by molar-refractivity contribution is 7.89. The third-order valence-electron chi connectivity index (χ3n) is 3.58. The van der Waals surface area contributed by atoms with Crippen molar-refractivity contribution in [3.05, 3.63) is 28.0 Å². The van der Waals surface area contributed by atoms with Crippen molar-refractivity contribution in [3.8, 4) is 0 Å². The molecule has 1 fully saturated rings. The number of nitrogens with two attached hydrogens (primary N) is 1. The van der Waals surface area contributed by atoms with Crippen LogP contribution in [-0.4, -0.2) is 32.4 Å². The second-order valence-corrected chi connectivity index (χ2v) is 7.99. The number of benzene rings is 1. The molecule has 0 aromatic heterocycles. The first kappa shape index (κ1) is 16.0. The quantitative estimate of drug-likeness (QED) is 0.919. The van der Waals surface area contributed by atoms with Gasteiger partial charge in [-0.3, -0.25) is 0 Å². The van der Waals surface area contributed by atoms with Crippen LogP contribution in [0.4, 0.5) is 4.39 Å². The van der Waals surface area contributed by atoms with Crippen LogP contribution in [0.25, 0.3) is 0 Å². The van der Waals surface area contributed by atoms with Crippen LogP contribution in [0.3, 0.4) is 0 Å². The molecule has 1 heterocycles. The summed E-state index contributed by atoms with van der Waals surface area (Å²) in [4.78, 5) is -0.247. The molecule has 1 aromatic rings. The Morgan fingerprint density at radius 2 is 1.95 bits per heavy atom. The lowest BCUT2D eigenvalue weighted by atomic mass is 9.90. The van der Waals surface area contributed by atoms with Crippen molar-refractivity contribution in [2.24, 2.45) is 11.1 Å². The Hall–Kier alpha value is -0.400. The number of hydrogen-bond acceptors (Lipinski definition) is 3. The van der Waals surface area contributed by atoms with E-state index in [2.05, 4.69) is 0 Å². The van der Waals surface area contributed by atoms with Gasteiger partial charge in [-0.05, 0) is 30.5 Å². The number of nitrogens with zero attached hydrogens (tertiary/aromatic N) is 1. The van der Waals surface area contributed by atoms with E-state index in [4.69, 9.17) is 28.9 Å². The van der Waals surface area contributed by atoms with E-state index in [1.54, 1.807) is 0 Å². The van der Waals surface area contributed by atoms with Crippen LogP contribution < -0.4 is 5.73 Å². The van der Waals surface area contributed by atoms with E-state index in [1.807, 2.05) is 6.92 Å². The Morgan fingerprint density at radius 1 is 1.40 bits per heavy atom. The van der Waals surface area contributed by atoms with Crippen molar-refractivity contribution in [2.45, 2.75) is 18.2 Å². The summed E-state index contributed by atoms with van der Waals surface area (Å²) in [6.07, 6.45) is 0.666. The van der Waals surface area contributed by atoms with E-state index >= 15 is 0 Å². The molecular formula is C12H15Cl2FN2O2S. The molecular weight excluding hydrogens is 326 g/mol. The van der Waals surface area contributed by atoms with Gasteiger partial charge in [-0.25, -0.2) is 12.8 Å². The lowest BCUT2D eigenvalue weighted by molar-refractivity contribution is 0.349. The monoisotopic (exact) mass is 340 g/mol. The predicted octanol–water partition coefficient (Wildman–Crippen LogP) is 2.49. The van der Waals surface area contributed by atoms with E-state index in [1.165, 1.54) is 4.31 Å². The summed E-state index contributed by atoms with van der Waals surface area (Å²) in [6, 6.07) is 1.89. The summed E-state index contributed by atoms with van der Waals surface area (Å²) in [5.74, 6) is -0.674. The lowest BCUT2D eigenvalue weighted by Gasteiger charge is -2.23. The lowest BCUT2D eigenvalue weighted by Crippen LogP contribution is -2.34. The molecule has 2 rings (SSSR count). The second-order valence-electron chi connectivity index (χ2n) is 5.30. The Bertz CT molecular complexity index is 615. The molecule has 1 saturated heterocycles. The molecule has 1 aromatic carbocycles. The van der Waals surface area contributed by atoms with Gasteiger partial charge < -0.3 is 5.73 Å². The maximum Gasteiger partial charge on any atom is 0.246 e. The Balaban J connectivity index is 2.43. The first-order valence-corrected chi connectivity index (χ1v) is 8.24. The van der Waals surface area contributed by atoms with Crippen LogP contribution in [0.1, 0.15) is 13.3 Å². The molecule has 8 heteroatoms. The highest BCUT2D eigenvalue weighted by Crippen LogP contribution is 2.37. The predicted molar refractivity (Wildman–Crippen MR) is 77.0 cm³/mol. The van der Waals surface area contributed by atoms with Crippen molar-refractivity contribution >= 4 is 33.2 Å². The number of halogens is 3. The highest BCUT2D eigenvalue weighted by atomic mass is 35.5. The van der Waals surface area contributed by atoms with Gasteiger partial charge in [0.05, 0.1) is 10.0 Å². The minimum atomic E-state index is -3.85. The minimum absolute atomic E-state index is 0.212. The van der Waals surface area contributed by atoms with Crippen LogP contribution in [0.5, 0.6) is 0 Å². The summed E-state index contributed by atoms with van der Waals surface area (Å²) < 4.78 is 39.6. The molecule has 1 aliphatic heterocycles. The molecule has 20 heavy (non-hydrogen) atoms. The van der Waals surface area contributed by atoms with Gasteiger partial charge in [0, 0.05) is 13.1 Å². The highest BCUT2D eigenvalue weighted by Gasteiger charge is 2.40. The van der Waals surface area contributed by atoms with Gasteiger partial charge in [0.25, 0.3) is 0 Å². The van der Waals surface area contributed by atoms with E-state index in [-0.39, 0.29) is 20.4 Å². The molecule has 112 valence electrons. The average molecular weight is 341 g/mol. The standard InChI is InChI=1S/C12H15Cl2FN2O2S/c1-12(6-16)2-3-17(7-12)20(18,19)11-9(13)4-8(15)5-10(11)14/h4-5H,2-3,6-7,16H2,1H3. The van der Waals surface area contributed by atoms with Crippen LogP contribution in [0.15, 0.2) is 17.0 Å². The Morgan fingerprint density at radius 3 is 2.40 bits per heavy atom. The second kappa shape index (κ2) is 5.42. The van der Waals surface area contributed by atoms with Crippen molar-refractivity contribution in [2.75, 3.05) is 19.6 Å². The number of hydrogen-bond donors (Lipinski definition) is 1. The Labute approximate surface area is 127 Å². The molecule has 0 spiro atoms. The summed E-state index contributed by atoms with van der Waals surface area (Å²) in [7, 11) is -3.85. The fourth-order valence-corrected chi connectivity index (χ4v) is 4.98. The molecule has 1 aliphatic rings. The van der Waals surface area contributed by atoms with Gasteiger partial charge in [-0.1, -0.05) is 30.1 Å². The summed E-state index contributed by atoms with van der Waals surface area (Å²) in [5, 5.41) is -0.423. The maximum absolute atomic E-state index is 13.2. The zero-order valence-corrected chi connectivity index (χ0v) is 13.2. The minimum Gasteiger partial charge on any atom is -0.330 e. The molecule has 0 bridgehead atoms. The SMILES string of the molecule is CC1(CN)CCN(S(=O)(=O)c2c(Cl)cc(F)cc2Cl)C1. The summed E-state index contributed by atoms with van der Waals surface area (Å²) >= 11 is 11.7. The third kappa shape index (κ3) is 2.80. The first-order chi connectivity index (χ1) is 9.19. The van der Waals surface area contributed by atoms with Crippen molar-refractivity contribution < 1.29 is 12.8 Å². The average Bonchev–Trinajstić information content (AvgIpc) is 2.71. The fourth-order valence-electron chi connectivity index (χ4n) is 2.25. The van der Waals surface area contributed by atoms with Crippen molar-refractivity contribution in [1.29, 1.82) is 0 Å². The molecule has 1 unspecified atom stereocenters. The first-order valence-electron chi connectivity index (χ1n) is 6.04. The Kier molecular flexibility index (Phi) is 4.33. The smallest absolute Gasteiger partial charge is 0.246 e. The van der Waals surface area contributed by atoms with Gasteiger partial charge in [0.15, 0.2) is 0 Å². The molecule has 0 radical (unpaired) electrons. The van der Waals surface area contributed by atoms with Gasteiger partial charge in [-0.15, -0.1) is 0 Å². The molecule has 1 atom stereocenters. The largest absolute Gasteiger partial charge is 0.330 e. The zero-order valence-electron chi connectivity index (χ0n) is 10.9. The number of rotatable bonds is 3. The fraction of sp³-hybridized carbons (Fsp3) is 0.500. The van der Waals surface area contributed by atoms with E-state index in [0.717, 1.165) is 12.1 Å². The van der Waals surface area contributed by atoms with Crippen LogP contribution in [-0.2, 0) is 10.0 Å². The molecule has 4 nitrogen and oxygen atoms in total. The van der Waals surface area contributed by atoms with Crippen LogP contribution in [0.2, 0.25) is 10.0 Å². The van der Waals surface area contributed by atoms with E-state index < -0.39 is 15.8 Å². The third-order valence-corrected chi connectivity index (χ3v) is 6.34. The van der Waals surface area contributed by atoms with Gasteiger partial charge in [0.2, 0.25) is 10.0 Å². The van der Waals surface area contributed by atoms with Gasteiger partial charge in [0.1, 0.15) is 10.7 Å². The van der Waals surface area contributed by atoms with Crippen LogP contribution >= 0.6 is 23.2 Å². The van der Waals surface area contributed by atoms with E-state index in [0.29, 0.717) is 26.1 Å². The zero-order chi connectivity index (χ0) is 15.1. The normalized spacial score (nSPS) is 24.2. The van der Waals surface area contributed by atoms with E-state index in [9.17, 15) is 12.8 Å². The topological polar surface area (TPSA) is 63.4 Å². The summed E-state index contributed by atoms with van der Waals surface area (Å²) in [6.45, 7) is 2.97. The van der Waals surface area contributed by atoms with Gasteiger partial charge >= 0.3 is 0 Å². The van der Waals surface area contributed by atoms with Crippen molar-refractivity contribution in [1.82, 2.24) is 4.31 Å². The van der Waals surface area contributed by atoms with Crippen molar-refractivity contribution in [3.63, 3.8) is 0 Å². The maximum atomic E-state index is 13.2. The molecule has 2 N–H and O–H groups in total. The molecule has 0 saturated carbocycles. The molecule has 0 aliphatic carbocycles. The molecule has 0 amide bonds. The van der Waals surface area contributed by atoms with Crippen LogP contribution in [0, 0.1) is 11.2 Å².